The van der Waals surface area contributed by atoms with Gasteiger partial charge in [-0.25, -0.2) is 0 Å². The molecule has 0 bridgehead atoms. The molecule has 3 aromatic heterocycles. The molecule has 0 unspecified atom stereocenters. The molecular formula is C48H28N2O. The van der Waals surface area contributed by atoms with Crippen molar-refractivity contribution in [1.29, 1.82) is 0 Å². The Hall–Kier alpha value is -6.84. The van der Waals surface area contributed by atoms with Crippen LogP contribution in [0.4, 0.5) is 0 Å². The fraction of sp³-hybridized carbons (Fsp3) is 0. The summed E-state index contributed by atoms with van der Waals surface area (Å²) in [6, 6.07) is 61.9. The van der Waals surface area contributed by atoms with E-state index in [2.05, 4.69) is 173 Å². The van der Waals surface area contributed by atoms with Crippen molar-refractivity contribution >= 4 is 65.6 Å². The van der Waals surface area contributed by atoms with E-state index in [1.54, 1.807) is 0 Å². The molecular weight excluding hydrogens is 621 g/mol. The van der Waals surface area contributed by atoms with Gasteiger partial charge in [0.25, 0.3) is 0 Å². The van der Waals surface area contributed by atoms with Gasteiger partial charge in [0.05, 0.1) is 33.4 Å². The van der Waals surface area contributed by atoms with Crippen molar-refractivity contribution in [2.75, 3.05) is 0 Å². The van der Waals surface area contributed by atoms with E-state index in [-0.39, 0.29) is 0 Å². The minimum atomic E-state index is 0.905. The Morgan fingerprint density at radius 1 is 0.333 bits per heavy atom. The second-order valence-corrected chi connectivity index (χ2v) is 13.7. The molecule has 12 rings (SSSR count). The van der Waals surface area contributed by atoms with Crippen molar-refractivity contribution in [1.82, 2.24) is 9.13 Å². The maximum Gasteiger partial charge on any atom is 0.159 e. The number of fused-ring (bicyclic) bond motifs is 14. The summed E-state index contributed by atoms with van der Waals surface area (Å²) >= 11 is 0. The van der Waals surface area contributed by atoms with E-state index in [9.17, 15) is 0 Å². The Bertz CT molecular complexity index is 3260. The number of para-hydroxylation sites is 5. The molecule has 4 heterocycles. The Labute approximate surface area is 292 Å². The van der Waals surface area contributed by atoms with E-state index >= 15 is 0 Å². The monoisotopic (exact) mass is 648 g/mol. The van der Waals surface area contributed by atoms with Gasteiger partial charge in [0, 0.05) is 43.4 Å². The summed E-state index contributed by atoms with van der Waals surface area (Å²) in [5.41, 5.74) is 16.3. The fourth-order valence-corrected chi connectivity index (χ4v) is 8.89. The van der Waals surface area contributed by atoms with Crippen LogP contribution in [0.25, 0.3) is 110 Å². The van der Waals surface area contributed by atoms with E-state index in [1.807, 2.05) is 6.07 Å². The molecule has 8 aromatic carbocycles. The molecule has 236 valence electrons. The fourth-order valence-electron chi connectivity index (χ4n) is 8.89. The van der Waals surface area contributed by atoms with Gasteiger partial charge in [-0.3, -0.25) is 0 Å². The maximum atomic E-state index is 6.53. The highest BCUT2D eigenvalue weighted by Gasteiger charge is 2.25. The van der Waals surface area contributed by atoms with Crippen molar-refractivity contribution < 1.29 is 4.42 Å². The zero-order valence-electron chi connectivity index (χ0n) is 27.5. The normalized spacial score (nSPS) is 12.3. The number of rotatable bonds is 2. The number of furan rings is 1. The lowest BCUT2D eigenvalue weighted by atomic mass is 9.91. The first-order chi connectivity index (χ1) is 25.3. The number of hydrogen-bond acceptors (Lipinski definition) is 1. The number of nitrogens with zero attached hydrogens (tertiary/aromatic N) is 2. The van der Waals surface area contributed by atoms with Gasteiger partial charge in [-0.05, 0) is 70.8 Å². The van der Waals surface area contributed by atoms with E-state index in [0.717, 1.165) is 38.7 Å². The first-order valence-corrected chi connectivity index (χ1v) is 17.5. The SMILES string of the molecule is c1ccc2c(c1)-c1cc(-c3ccc4c(c3)c3ccccc3n4-c3cccc4c3oc3ccccc34)ccc1-n1c3ccccc3c3cccc-2c31. The summed E-state index contributed by atoms with van der Waals surface area (Å²) < 4.78 is 11.4. The summed E-state index contributed by atoms with van der Waals surface area (Å²) in [6.45, 7) is 0. The summed E-state index contributed by atoms with van der Waals surface area (Å²) in [5, 5.41) is 7.28. The van der Waals surface area contributed by atoms with Gasteiger partial charge in [0.2, 0.25) is 0 Å². The molecule has 0 radical (unpaired) electrons. The number of aromatic nitrogens is 2. The average Bonchev–Trinajstić information content (AvgIpc) is 3.83. The first-order valence-electron chi connectivity index (χ1n) is 17.5. The van der Waals surface area contributed by atoms with Gasteiger partial charge < -0.3 is 13.6 Å². The third-order valence-corrected chi connectivity index (χ3v) is 11.1. The van der Waals surface area contributed by atoms with Gasteiger partial charge in [0.15, 0.2) is 5.58 Å². The van der Waals surface area contributed by atoms with Gasteiger partial charge in [-0.2, -0.15) is 0 Å². The third kappa shape index (κ3) is 3.57. The van der Waals surface area contributed by atoms with Crippen LogP contribution < -0.4 is 0 Å². The Balaban J connectivity index is 1.10. The van der Waals surface area contributed by atoms with Crippen LogP contribution in [0.15, 0.2) is 174 Å². The zero-order chi connectivity index (χ0) is 33.2. The molecule has 0 N–H and O–H groups in total. The molecule has 0 spiro atoms. The minimum absolute atomic E-state index is 0.905. The average molecular weight is 649 g/mol. The molecule has 51 heavy (non-hydrogen) atoms. The van der Waals surface area contributed by atoms with Crippen LogP contribution in [-0.4, -0.2) is 9.13 Å². The van der Waals surface area contributed by atoms with Gasteiger partial charge in [-0.1, -0.05) is 121 Å². The topological polar surface area (TPSA) is 23.0 Å². The summed E-state index contributed by atoms with van der Waals surface area (Å²) in [6.07, 6.45) is 0. The molecule has 0 amide bonds. The van der Waals surface area contributed by atoms with E-state index in [1.165, 1.54) is 71.6 Å². The van der Waals surface area contributed by atoms with Crippen molar-refractivity contribution in [3.05, 3.63) is 170 Å². The molecule has 1 aliphatic heterocycles. The molecule has 11 aromatic rings. The van der Waals surface area contributed by atoms with Gasteiger partial charge in [0.1, 0.15) is 5.58 Å². The van der Waals surface area contributed by atoms with Crippen LogP contribution in [0.2, 0.25) is 0 Å². The largest absolute Gasteiger partial charge is 0.454 e. The van der Waals surface area contributed by atoms with Crippen LogP contribution in [0.1, 0.15) is 0 Å². The van der Waals surface area contributed by atoms with E-state index in [4.69, 9.17) is 4.42 Å². The molecule has 0 saturated carbocycles. The summed E-state index contributed by atoms with van der Waals surface area (Å²) in [5.74, 6) is 0. The second-order valence-electron chi connectivity index (χ2n) is 13.7. The van der Waals surface area contributed by atoms with E-state index < -0.39 is 0 Å². The number of benzene rings is 8. The van der Waals surface area contributed by atoms with Crippen molar-refractivity contribution in [3.8, 4) is 44.8 Å². The van der Waals surface area contributed by atoms with Crippen molar-refractivity contribution in [2.24, 2.45) is 0 Å². The molecule has 0 saturated heterocycles. The predicted molar refractivity (Wildman–Crippen MR) is 212 cm³/mol. The predicted octanol–water partition coefficient (Wildman–Crippen LogP) is 13.1. The van der Waals surface area contributed by atoms with E-state index in [0.29, 0.717) is 0 Å². The van der Waals surface area contributed by atoms with Crippen LogP contribution in [0.5, 0.6) is 0 Å². The first kappa shape index (κ1) is 27.0. The molecule has 3 nitrogen and oxygen atoms in total. The number of hydrogen-bond donors (Lipinski definition) is 0. The molecule has 0 aliphatic carbocycles. The van der Waals surface area contributed by atoms with Crippen molar-refractivity contribution in [2.45, 2.75) is 0 Å². The minimum Gasteiger partial charge on any atom is -0.454 e. The molecule has 1 aliphatic rings. The maximum absolute atomic E-state index is 6.53. The third-order valence-electron chi connectivity index (χ3n) is 11.1. The Morgan fingerprint density at radius 3 is 1.78 bits per heavy atom. The smallest absolute Gasteiger partial charge is 0.159 e. The van der Waals surface area contributed by atoms with Gasteiger partial charge >= 0.3 is 0 Å². The Kier molecular flexibility index (Phi) is 5.23. The lowest BCUT2D eigenvalue weighted by molar-refractivity contribution is 0.666. The molecule has 0 atom stereocenters. The second kappa shape index (κ2) is 9.87. The van der Waals surface area contributed by atoms with Crippen LogP contribution >= 0.6 is 0 Å². The quantitative estimate of drug-likeness (QED) is 0.183. The molecule has 3 heteroatoms. The van der Waals surface area contributed by atoms with Crippen molar-refractivity contribution in [3.63, 3.8) is 0 Å². The van der Waals surface area contributed by atoms with Crippen LogP contribution in [0.3, 0.4) is 0 Å². The summed E-state index contributed by atoms with van der Waals surface area (Å²) in [7, 11) is 0. The highest BCUT2D eigenvalue weighted by molar-refractivity contribution is 6.17. The summed E-state index contributed by atoms with van der Waals surface area (Å²) in [4.78, 5) is 0. The Morgan fingerprint density at radius 2 is 0.922 bits per heavy atom. The van der Waals surface area contributed by atoms with Crippen LogP contribution in [-0.2, 0) is 0 Å². The zero-order valence-corrected chi connectivity index (χ0v) is 27.5. The standard InChI is InChI=1S/C48H28N2O/c1-2-12-32-31(11-1)36-16-9-17-37-33-13-3-7-20-42(33)50(47(36)37)44-26-24-29(27-39(32)44)30-23-25-43-40(28-30)34-14-4-6-19-41(34)49(43)45-21-10-18-38-35-15-5-8-22-46(35)51-48(38)45/h1-28H. The van der Waals surface area contributed by atoms with Gasteiger partial charge in [-0.15, -0.1) is 0 Å². The highest BCUT2D eigenvalue weighted by Crippen LogP contribution is 2.48. The van der Waals surface area contributed by atoms with Crippen LogP contribution in [0, 0.1) is 0 Å². The molecule has 0 fully saturated rings. The lowest BCUT2D eigenvalue weighted by Crippen LogP contribution is -1.96. The lowest BCUT2D eigenvalue weighted by Gasteiger charge is -2.15. The highest BCUT2D eigenvalue weighted by atomic mass is 16.3.